The van der Waals surface area contributed by atoms with Crippen molar-refractivity contribution in [3.05, 3.63) is 59.7 Å². The van der Waals surface area contributed by atoms with E-state index in [2.05, 4.69) is 10.6 Å². The fourth-order valence-electron chi connectivity index (χ4n) is 4.21. The highest BCUT2D eigenvalue weighted by Crippen LogP contribution is 2.19. The van der Waals surface area contributed by atoms with Crippen LogP contribution < -0.4 is 10.6 Å². The second-order valence-corrected chi connectivity index (χ2v) is 8.52. The minimum absolute atomic E-state index is 0.0603. The summed E-state index contributed by atoms with van der Waals surface area (Å²) in [5, 5.41) is 5.76. The number of carbonyl (C=O) groups is 3. The molecule has 1 unspecified atom stereocenters. The Kier molecular flexibility index (Phi) is 7.36. The number of nitrogens with one attached hydrogen (secondary N) is 2. The molecule has 0 radical (unpaired) electrons. The van der Waals surface area contributed by atoms with Gasteiger partial charge in [0, 0.05) is 38.5 Å². The number of hydrogen-bond donors (Lipinski definition) is 2. The number of piperazine rings is 1. The highest BCUT2D eigenvalue weighted by molar-refractivity contribution is 6.10. The van der Waals surface area contributed by atoms with Crippen LogP contribution in [0.25, 0.3) is 0 Å². The first kappa shape index (κ1) is 22.9. The van der Waals surface area contributed by atoms with E-state index in [1.165, 1.54) is 0 Å². The maximum Gasteiger partial charge on any atom is 0.257 e. The van der Waals surface area contributed by atoms with Gasteiger partial charge in [0.05, 0.1) is 17.8 Å². The Morgan fingerprint density at radius 3 is 2.52 bits per heavy atom. The number of nitrogens with zero attached hydrogens (tertiary/aromatic N) is 2. The van der Waals surface area contributed by atoms with Crippen LogP contribution in [0, 0.1) is 6.92 Å². The third-order valence-corrected chi connectivity index (χ3v) is 5.98. The maximum absolute atomic E-state index is 12.8. The van der Waals surface area contributed by atoms with E-state index in [0.717, 1.165) is 18.4 Å². The van der Waals surface area contributed by atoms with Crippen LogP contribution in [0.4, 0.5) is 11.4 Å². The summed E-state index contributed by atoms with van der Waals surface area (Å²) >= 11 is 0. The first-order valence-electron chi connectivity index (χ1n) is 11.4. The molecule has 0 aromatic heterocycles. The van der Waals surface area contributed by atoms with Gasteiger partial charge in [0.2, 0.25) is 5.91 Å². The fourth-order valence-corrected chi connectivity index (χ4v) is 4.21. The molecule has 2 aromatic rings. The zero-order valence-corrected chi connectivity index (χ0v) is 18.9. The number of aryl methyl sites for hydroxylation is 1. The van der Waals surface area contributed by atoms with Crippen LogP contribution in [0.3, 0.4) is 0 Å². The van der Waals surface area contributed by atoms with Crippen LogP contribution in [0.2, 0.25) is 0 Å². The van der Waals surface area contributed by atoms with Crippen molar-refractivity contribution in [2.75, 3.05) is 50.0 Å². The molecule has 8 nitrogen and oxygen atoms in total. The van der Waals surface area contributed by atoms with Crippen LogP contribution in [-0.4, -0.2) is 73.0 Å². The van der Waals surface area contributed by atoms with Crippen molar-refractivity contribution in [2.45, 2.75) is 25.9 Å². The van der Waals surface area contributed by atoms with Crippen molar-refractivity contribution in [2.24, 2.45) is 0 Å². The van der Waals surface area contributed by atoms with E-state index < -0.39 is 0 Å². The molecule has 33 heavy (non-hydrogen) atoms. The Hall–Kier alpha value is -3.23. The summed E-state index contributed by atoms with van der Waals surface area (Å²) in [5.41, 5.74) is 2.63. The summed E-state index contributed by atoms with van der Waals surface area (Å²) in [6, 6.07) is 14.5. The van der Waals surface area contributed by atoms with Gasteiger partial charge in [-0.25, -0.2) is 0 Å². The summed E-state index contributed by atoms with van der Waals surface area (Å²) in [7, 11) is 0. The van der Waals surface area contributed by atoms with Gasteiger partial charge in [-0.15, -0.1) is 0 Å². The van der Waals surface area contributed by atoms with E-state index >= 15 is 0 Å². The van der Waals surface area contributed by atoms with Crippen molar-refractivity contribution in [1.29, 1.82) is 0 Å². The van der Waals surface area contributed by atoms with E-state index in [1.807, 2.05) is 41.0 Å². The van der Waals surface area contributed by atoms with Gasteiger partial charge in [0.25, 0.3) is 11.8 Å². The van der Waals surface area contributed by atoms with Gasteiger partial charge in [-0.3, -0.25) is 19.3 Å². The third kappa shape index (κ3) is 5.97. The van der Waals surface area contributed by atoms with Crippen molar-refractivity contribution in [3.8, 4) is 0 Å². The van der Waals surface area contributed by atoms with Crippen LogP contribution in [0.1, 0.15) is 28.8 Å². The lowest BCUT2D eigenvalue weighted by atomic mass is 10.1. The number of para-hydroxylation sites is 1. The van der Waals surface area contributed by atoms with Crippen LogP contribution in [0.5, 0.6) is 0 Å². The Balaban J connectivity index is 1.30. The normalized spacial score (nSPS) is 18.7. The molecule has 0 aliphatic carbocycles. The van der Waals surface area contributed by atoms with E-state index in [-0.39, 0.29) is 30.4 Å². The topological polar surface area (TPSA) is 91.0 Å². The Morgan fingerprint density at radius 2 is 1.79 bits per heavy atom. The standard InChI is InChI=1S/C25H30N4O4/c1-18-6-4-7-19(16-18)26-24(31)20-8-2-3-9-21(20)27-23(30)17-28-11-13-29(14-12-28)25(32)22-10-5-15-33-22/h2-4,6-9,16,22H,5,10-15,17H2,1H3,(H,26,31)(H,27,30). The van der Waals surface area contributed by atoms with Crippen molar-refractivity contribution < 1.29 is 19.1 Å². The predicted octanol–water partition coefficient (Wildman–Crippen LogP) is 2.51. The average Bonchev–Trinajstić information content (AvgIpc) is 3.34. The van der Waals surface area contributed by atoms with Gasteiger partial charge in [0.1, 0.15) is 6.10 Å². The molecule has 2 aliphatic rings. The lowest BCUT2D eigenvalue weighted by Gasteiger charge is -2.35. The summed E-state index contributed by atoms with van der Waals surface area (Å²) in [4.78, 5) is 41.8. The van der Waals surface area contributed by atoms with Crippen molar-refractivity contribution in [1.82, 2.24) is 9.80 Å². The predicted molar refractivity (Wildman–Crippen MR) is 126 cm³/mol. The van der Waals surface area contributed by atoms with Gasteiger partial charge in [0.15, 0.2) is 0 Å². The van der Waals surface area contributed by atoms with Gasteiger partial charge >= 0.3 is 0 Å². The van der Waals surface area contributed by atoms with Crippen molar-refractivity contribution >= 4 is 29.1 Å². The van der Waals surface area contributed by atoms with Crippen LogP contribution >= 0.6 is 0 Å². The van der Waals surface area contributed by atoms with Crippen LogP contribution in [-0.2, 0) is 14.3 Å². The zero-order chi connectivity index (χ0) is 23.2. The fraction of sp³-hybridized carbons (Fsp3) is 0.400. The summed E-state index contributed by atoms with van der Waals surface area (Å²) < 4.78 is 5.50. The monoisotopic (exact) mass is 450 g/mol. The van der Waals surface area contributed by atoms with E-state index in [4.69, 9.17) is 4.74 Å². The number of carbonyl (C=O) groups excluding carboxylic acids is 3. The highest BCUT2D eigenvalue weighted by Gasteiger charge is 2.30. The first-order chi connectivity index (χ1) is 16.0. The molecular formula is C25H30N4O4. The lowest BCUT2D eigenvalue weighted by Crippen LogP contribution is -2.52. The summed E-state index contributed by atoms with van der Waals surface area (Å²) in [6.07, 6.45) is 1.42. The quantitative estimate of drug-likeness (QED) is 0.706. The molecule has 2 aromatic carbocycles. The molecule has 174 valence electrons. The molecule has 2 heterocycles. The van der Waals surface area contributed by atoms with E-state index in [0.29, 0.717) is 49.7 Å². The highest BCUT2D eigenvalue weighted by atomic mass is 16.5. The summed E-state index contributed by atoms with van der Waals surface area (Å²) in [6.45, 7) is 5.24. The van der Waals surface area contributed by atoms with Crippen molar-refractivity contribution in [3.63, 3.8) is 0 Å². The second kappa shape index (κ2) is 10.6. The molecule has 8 heteroatoms. The minimum Gasteiger partial charge on any atom is -0.368 e. The molecule has 3 amide bonds. The van der Waals surface area contributed by atoms with Gasteiger partial charge < -0.3 is 20.3 Å². The molecule has 2 saturated heterocycles. The number of benzene rings is 2. The van der Waals surface area contributed by atoms with Gasteiger partial charge in [-0.1, -0.05) is 24.3 Å². The largest absolute Gasteiger partial charge is 0.368 e. The van der Waals surface area contributed by atoms with Crippen LogP contribution in [0.15, 0.2) is 48.5 Å². The Morgan fingerprint density at radius 1 is 1.00 bits per heavy atom. The zero-order valence-electron chi connectivity index (χ0n) is 18.9. The Labute approximate surface area is 193 Å². The Bertz CT molecular complexity index is 1010. The molecule has 2 aliphatic heterocycles. The molecule has 0 bridgehead atoms. The molecule has 0 spiro atoms. The number of anilines is 2. The van der Waals surface area contributed by atoms with Gasteiger partial charge in [-0.2, -0.15) is 0 Å². The van der Waals surface area contributed by atoms with Gasteiger partial charge in [-0.05, 0) is 49.6 Å². The molecule has 2 fully saturated rings. The van der Waals surface area contributed by atoms with E-state index in [1.54, 1.807) is 24.3 Å². The smallest absolute Gasteiger partial charge is 0.257 e. The molecule has 1 atom stereocenters. The number of rotatable bonds is 6. The number of amides is 3. The lowest BCUT2D eigenvalue weighted by molar-refractivity contribution is -0.142. The molecular weight excluding hydrogens is 420 g/mol. The van der Waals surface area contributed by atoms with E-state index in [9.17, 15) is 14.4 Å². The first-order valence-corrected chi connectivity index (χ1v) is 11.4. The number of ether oxygens (including phenoxy) is 1. The molecule has 4 rings (SSSR count). The summed E-state index contributed by atoms with van der Waals surface area (Å²) in [5.74, 6) is -0.410. The molecule has 2 N–H and O–H groups in total. The average molecular weight is 451 g/mol. The maximum atomic E-state index is 12.8. The second-order valence-electron chi connectivity index (χ2n) is 8.52. The number of hydrogen-bond acceptors (Lipinski definition) is 5. The SMILES string of the molecule is Cc1cccc(NC(=O)c2ccccc2NC(=O)CN2CCN(C(=O)C3CCCO3)CC2)c1. The third-order valence-electron chi connectivity index (χ3n) is 5.98. The molecule has 0 saturated carbocycles. The minimum atomic E-state index is -0.303.